The molecule has 17 heavy (non-hydrogen) atoms. The van der Waals surface area contributed by atoms with Crippen LogP contribution in [0.3, 0.4) is 0 Å². The number of hydrogen-bond donors (Lipinski definition) is 1. The standard InChI is InChI=1S/C12H23N3O2/c1-14(2)8-3-9-15-10-12(17-11(15)16)4-6-13-7-5-12/h13H,3-10H2,1-2H3. The Morgan fingerprint density at radius 2 is 2.12 bits per heavy atom. The van der Waals surface area contributed by atoms with Gasteiger partial charge in [-0.3, -0.25) is 0 Å². The van der Waals surface area contributed by atoms with Crippen molar-refractivity contribution in [1.82, 2.24) is 15.1 Å². The Balaban J connectivity index is 1.82. The minimum Gasteiger partial charge on any atom is -0.441 e. The maximum Gasteiger partial charge on any atom is 0.410 e. The summed E-state index contributed by atoms with van der Waals surface area (Å²) in [7, 11) is 4.10. The molecule has 2 heterocycles. The van der Waals surface area contributed by atoms with Gasteiger partial charge in [-0.25, -0.2) is 4.79 Å². The number of hydrogen-bond acceptors (Lipinski definition) is 4. The van der Waals surface area contributed by atoms with Gasteiger partial charge in [0.1, 0.15) is 5.60 Å². The van der Waals surface area contributed by atoms with Crippen LogP contribution < -0.4 is 5.32 Å². The van der Waals surface area contributed by atoms with Gasteiger partial charge in [0, 0.05) is 19.4 Å². The Labute approximate surface area is 103 Å². The van der Waals surface area contributed by atoms with Crippen LogP contribution in [-0.2, 0) is 4.74 Å². The molecule has 2 saturated heterocycles. The van der Waals surface area contributed by atoms with E-state index in [4.69, 9.17) is 4.74 Å². The molecule has 0 unspecified atom stereocenters. The largest absolute Gasteiger partial charge is 0.441 e. The Hall–Kier alpha value is -0.810. The lowest BCUT2D eigenvalue weighted by atomic mass is 9.92. The minimum atomic E-state index is -0.194. The summed E-state index contributed by atoms with van der Waals surface area (Å²) < 4.78 is 5.59. The quantitative estimate of drug-likeness (QED) is 0.779. The second kappa shape index (κ2) is 5.23. The molecule has 5 nitrogen and oxygen atoms in total. The SMILES string of the molecule is CN(C)CCCN1CC2(CCNCC2)OC1=O. The van der Waals surface area contributed by atoms with E-state index in [1.165, 1.54) is 0 Å². The van der Waals surface area contributed by atoms with Gasteiger partial charge in [0.15, 0.2) is 0 Å². The zero-order chi connectivity index (χ0) is 12.3. The van der Waals surface area contributed by atoms with Crippen molar-refractivity contribution in [2.75, 3.05) is 46.8 Å². The molecule has 0 aromatic carbocycles. The van der Waals surface area contributed by atoms with E-state index in [0.717, 1.165) is 52.0 Å². The van der Waals surface area contributed by atoms with E-state index in [2.05, 4.69) is 24.3 Å². The summed E-state index contributed by atoms with van der Waals surface area (Å²) in [5.74, 6) is 0. The smallest absolute Gasteiger partial charge is 0.410 e. The van der Waals surface area contributed by atoms with E-state index >= 15 is 0 Å². The highest BCUT2D eigenvalue weighted by Crippen LogP contribution is 2.30. The molecule has 0 saturated carbocycles. The summed E-state index contributed by atoms with van der Waals surface area (Å²) in [6.45, 7) is 4.52. The topological polar surface area (TPSA) is 44.8 Å². The third-order valence-corrected chi connectivity index (χ3v) is 3.59. The van der Waals surface area contributed by atoms with E-state index in [0.29, 0.717) is 0 Å². The van der Waals surface area contributed by atoms with Crippen LogP contribution in [0, 0.1) is 0 Å². The molecule has 1 N–H and O–H groups in total. The molecule has 0 aliphatic carbocycles. The van der Waals surface area contributed by atoms with Crippen molar-refractivity contribution in [1.29, 1.82) is 0 Å². The first-order valence-corrected chi connectivity index (χ1v) is 6.45. The number of carbonyl (C=O) groups is 1. The first-order valence-electron chi connectivity index (χ1n) is 6.45. The first-order chi connectivity index (χ1) is 8.11. The lowest BCUT2D eigenvalue weighted by Gasteiger charge is -2.31. The van der Waals surface area contributed by atoms with Crippen LogP contribution in [0.2, 0.25) is 0 Å². The molecule has 5 heteroatoms. The fourth-order valence-corrected chi connectivity index (χ4v) is 2.59. The third kappa shape index (κ3) is 3.10. The lowest BCUT2D eigenvalue weighted by molar-refractivity contribution is 0.0316. The minimum absolute atomic E-state index is 0.120. The van der Waals surface area contributed by atoms with Crippen molar-refractivity contribution in [3.8, 4) is 0 Å². The van der Waals surface area contributed by atoms with E-state index in [-0.39, 0.29) is 11.7 Å². The highest BCUT2D eigenvalue weighted by molar-refractivity contribution is 5.70. The predicted molar refractivity (Wildman–Crippen MR) is 66.1 cm³/mol. The second-order valence-corrected chi connectivity index (χ2v) is 5.38. The number of nitrogens with zero attached hydrogens (tertiary/aromatic N) is 2. The molecule has 0 bridgehead atoms. The highest BCUT2D eigenvalue weighted by atomic mass is 16.6. The average Bonchev–Trinajstić information content (AvgIpc) is 2.56. The van der Waals surface area contributed by atoms with Crippen LogP contribution in [0.15, 0.2) is 0 Å². The van der Waals surface area contributed by atoms with Gasteiger partial charge < -0.3 is 19.9 Å². The number of rotatable bonds is 4. The van der Waals surface area contributed by atoms with E-state index in [9.17, 15) is 4.79 Å². The van der Waals surface area contributed by atoms with E-state index in [1.807, 2.05) is 4.90 Å². The fourth-order valence-electron chi connectivity index (χ4n) is 2.59. The summed E-state index contributed by atoms with van der Waals surface area (Å²) in [5, 5.41) is 3.31. The van der Waals surface area contributed by atoms with E-state index < -0.39 is 0 Å². The highest BCUT2D eigenvalue weighted by Gasteiger charge is 2.45. The molecular formula is C12H23N3O2. The van der Waals surface area contributed by atoms with Crippen molar-refractivity contribution in [3.63, 3.8) is 0 Å². The van der Waals surface area contributed by atoms with Crippen molar-refractivity contribution in [3.05, 3.63) is 0 Å². The third-order valence-electron chi connectivity index (χ3n) is 3.59. The summed E-state index contributed by atoms with van der Waals surface area (Å²) in [4.78, 5) is 15.8. The van der Waals surface area contributed by atoms with Gasteiger partial charge in [0.25, 0.3) is 0 Å². The normalized spacial score (nSPS) is 23.5. The molecule has 2 aliphatic heterocycles. The van der Waals surface area contributed by atoms with Crippen LogP contribution in [0.4, 0.5) is 4.79 Å². The van der Waals surface area contributed by atoms with Crippen molar-refractivity contribution >= 4 is 6.09 Å². The fraction of sp³-hybridized carbons (Fsp3) is 0.917. The van der Waals surface area contributed by atoms with Gasteiger partial charge in [-0.1, -0.05) is 0 Å². The summed E-state index contributed by atoms with van der Waals surface area (Å²) in [6.07, 6.45) is 2.79. The van der Waals surface area contributed by atoms with E-state index in [1.54, 1.807) is 0 Å². The maximum absolute atomic E-state index is 11.8. The number of amides is 1. The predicted octanol–water partition coefficient (Wildman–Crippen LogP) is 0.513. The van der Waals surface area contributed by atoms with Gasteiger partial charge in [-0.05, 0) is 40.2 Å². The van der Waals surface area contributed by atoms with Crippen LogP contribution >= 0.6 is 0 Å². The van der Waals surface area contributed by atoms with Gasteiger partial charge in [0.05, 0.1) is 6.54 Å². The molecule has 2 rings (SSSR count). The van der Waals surface area contributed by atoms with Crippen molar-refractivity contribution in [2.24, 2.45) is 0 Å². The Bertz CT molecular complexity index is 275. The summed E-state index contributed by atoms with van der Waals surface area (Å²) >= 11 is 0. The molecule has 1 spiro atoms. The average molecular weight is 241 g/mol. The zero-order valence-electron chi connectivity index (χ0n) is 10.9. The Kier molecular flexibility index (Phi) is 3.89. The van der Waals surface area contributed by atoms with Crippen molar-refractivity contribution < 1.29 is 9.53 Å². The van der Waals surface area contributed by atoms with Crippen LogP contribution in [0.25, 0.3) is 0 Å². The summed E-state index contributed by atoms with van der Waals surface area (Å²) in [5.41, 5.74) is -0.194. The Morgan fingerprint density at radius 1 is 1.41 bits per heavy atom. The lowest BCUT2D eigenvalue weighted by Crippen LogP contribution is -2.45. The second-order valence-electron chi connectivity index (χ2n) is 5.38. The van der Waals surface area contributed by atoms with Gasteiger partial charge in [-0.15, -0.1) is 0 Å². The van der Waals surface area contributed by atoms with Gasteiger partial charge in [0.2, 0.25) is 0 Å². The summed E-state index contributed by atoms with van der Waals surface area (Å²) in [6, 6.07) is 0. The monoisotopic (exact) mass is 241 g/mol. The molecule has 1 amide bonds. The Morgan fingerprint density at radius 3 is 2.76 bits per heavy atom. The molecule has 0 aromatic rings. The molecule has 2 aliphatic rings. The van der Waals surface area contributed by atoms with Gasteiger partial charge >= 0.3 is 6.09 Å². The molecule has 0 atom stereocenters. The molecule has 0 aromatic heterocycles. The first kappa shape index (κ1) is 12.6. The van der Waals surface area contributed by atoms with Crippen LogP contribution in [0.1, 0.15) is 19.3 Å². The molecular weight excluding hydrogens is 218 g/mol. The molecule has 98 valence electrons. The number of piperidine rings is 1. The van der Waals surface area contributed by atoms with Crippen molar-refractivity contribution in [2.45, 2.75) is 24.9 Å². The molecule has 0 radical (unpaired) electrons. The number of carbonyl (C=O) groups excluding carboxylic acids is 1. The molecule has 2 fully saturated rings. The van der Waals surface area contributed by atoms with Crippen LogP contribution in [0.5, 0.6) is 0 Å². The maximum atomic E-state index is 11.8. The number of ether oxygens (including phenoxy) is 1. The number of nitrogens with one attached hydrogen (secondary N) is 1. The zero-order valence-corrected chi connectivity index (χ0v) is 10.9. The van der Waals surface area contributed by atoms with Crippen LogP contribution in [-0.4, -0.2) is 68.3 Å². The van der Waals surface area contributed by atoms with Gasteiger partial charge in [-0.2, -0.15) is 0 Å².